The summed E-state index contributed by atoms with van der Waals surface area (Å²) < 4.78 is 0. The summed E-state index contributed by atoms with van der Waals surface area (Å²) >= 11 is 1.79. The number of nitrogens with zero attached hydrogens (tertiary/aromatic N) is 3. The Labute approximate surface area is 102 Å². The van der Waals surface area contributed by atoms with Crippen LogP contribution in [-0.4, -0.2) is 42.6 Å². The summed E-state index contributed by atoms with van der Waals surface area (Å²) in [7, 11) is 2.22. The summed E-state index contributed by atoms with van der Waals surface area (Å²) in [4.78, 5) is 9.53. The van der Waals surface area contributed by atoms with Gasteiger partial charge in [0.2, 0.25) is 0 Å². The molecule has 0 N–H and O–H groups in total. The van der Waals surface area contributed by atoms with E-state index < -0.39 is 0 Å². The number of hydrogen-bond acceptors (Lipinski definition) is 4. The third-order valence-corrected chi connectivity index (χ3v) is 4.41. The molecule has 1 aromatic rings. The Bertz CT molecular complexity index is 337. The lowest BCUT2D eigenvalue weighted by molar-refractivity contribution is 0.272. The molecule has 0 bridgehead atoms. The zero-order chi connectivity index (χ0) is 11.5. The van der Waals surface area contributed by atoms with E-state index in [9.17, 15) is 0 Å². The van der Waals surface area contributed by atoms with Crippen molar-refractivity contribution < 1.29 is 0 Å². The van der Waals surface area contributed by atoms with Gasteiger partial charge in [-0.15, -0.1) is 11.3 Å². The standard InChI is InChI=1S/C12H21N3S/c1-4-10-9-16-12(13-10)15-7-6-11(8-15)14(3)5-2/h9,11H,4-8H2,1-3H3. The van der Waals surface area contributed by atoms with E-state index in [1.807, 2.05) is 0 Å². The molecule has 90 valence electrons. The Hall–Kier alpha value is -0.610. The maximum Gasteiger partial charge on any atom is 0.185 e. The number of anilines is 1. The van der Waals surface area contributed by atoms with Gasteiger partial charge >= 0.3 is 0 Å². The SMILES string of the molecule is CCc1csc(N2CCC(N(C)CC)C2)n1. The van der Waals surface area contributed by atoms with Crippen molar-refractivity contribution in [3.05, 3.63) is 11.1 Å². The average molecular weight is 239 g/mol. The van der Waals surface area contributed by atoms with Crippen LogP contribution in [0.15, 0.2) is 5.38 Å². The number of hydrogen-bond donors (Lipinski definition) is 0. The highest BCUT2D eigenvalue weighted by atomic mass is 32.1. The largest absolute Gasteiger partial charge is 0.346 e. The lowest BCUT2D eigenvalue weighted by Gasteiger charge is -2.22. The predicted molar refractivity (Wildman–Crippen MR) is 70.4 cm³/mol. The van der Waals surface area contributed by atoms with Crippen molar-refractivity contribution >= 4 is 16.5 Å². The molecule has 1 atom stereocenters. The van der Waals surface area contributed by atoms with Crippen molar-refractivity contribution in [2.24, 2.45) is 0 Å². The van der Waals surface area contributed by atoms with Crippen molar-refractivity contribution in [1.82, 2.24) is 9.88 Å². The third kappa shape index (κ3) is 2.38. The molecule has 0 spiro atoms. The van der Waals surface area contributed by atoms with Crippen LogP contribution >= 0.6 is 11.3 Å². The molecule has 0 amide bonds. The second-order valence-corrected chi connectivity index (χ2v) is 5.27. The molecule has 0 aromatic carbocycles. The Morgan fingerprint density at radius 1 is 1.56 bits per heavy atom. The number of thiazole rings is 1. The Balaban J connectivity index is 1.97. The van der Waals surface area contributed by atoms with Crippen LogP contribution in [0.1, 0.15) is 26.0 Å². The van der Waals surface area contributed by atoms with Gasteiger partial charge in [-0.05, 0) is 26.4 Å². The van der Waals surface area contributed by atoms with Gasteiger partial charge in [0.15, 0.2) is 5.13 Å². The molecule has 1 unspecified atom stereocenters. The van der Waals surface area contributed by atoms with Crippen molar-refractivity contribution in [1.29, 1.82) is 0 Å². The van der Waals surface area contributed by atoms with Gasteiger partial charge in [-0.1, -0.05) is 13.8 Å². The van der Waals surface area contributed by atoms with E-state index in [2.05, 4.69) is 41.1 Å². The highest BCUT2D eigenvalue weighted by Crippen LogP contribution is 2.26. The molecule has 3 nitrogen and oxygen atoms in total. The molecule has 2 heterocycles. The fourth-order valence-electron chi connectivity index (χ4n) is 2.14. The van der Waals surface area contributed by atoms with Crippen LogP contribution in [0, 0.1) is 0 Å². The van der Waals surface area contributed by atoms with Gasteiger partial charge in [-0.25, -0.2) is 4.98 Å². The van der Waals surface area contributed by atoms with E-state index in [0.29, 0.717) is 6.04 Å². The lowest BCUT2D eigenvalue weighted by Crippen LogP contribution is -2.34. The van der Waals surface area contributed by atoms with E-state index in [1.165, 1.54) is 17.2 Å². The quantitative estimate of drug-likeness (QED) is 0.803. The van der Waals surface area contributed by atoms with Crippen molar-refractivity contribution in [3.8, 4) is 0 Å². The molecule has 0 aliphatic carbocycles. The highest BCUT2D eigenvalue weighted by Gasteiger charge is 2.26. The summed E-state index contributed by atoms with van der Waals surface area (Å²) in [6, 6.07) is 0.707. The first kappa shape index (κ1) is 11.9. The van der Waals surface area contributed by atoms with Crippen molar-refractivity contribution in [3.63, 3.8) is 0 Å². The number of likely N-dealkylation sites (N-methyl/N-ethyl adjacent to an activating group) is 1. The van der Waals surface area contributed by atoms with Crippen LogP contribution in [0.3, 0.4) is 0 Å². The second-order valence-electron chi connectivity index (χ2n) is 4.44. The first-order valence-electron chi connectivity index (χ1n) is 6.14. The summed E-state index contributed by atoms with van der Waals surface area (Å²) in [5, 5.41) is 3.40. The van der Waals surface area contributed by atoms with E-state index >= 15 is 0 Å². The van der Waals surface area contributed by atoms with Gasteiger partial charge in [0.1, 0.15) is 0 Å². The number of aromatic nitrogens is 1. The molecule has 2 rings (SSSR count). The van der Waals surface area contributed by atoms with E-state index in [1.54, 1.807) is 11.3 Å². The molecule has 0 radical (unpaired) electrons. The first-order valence-corrected chi connectivity index (χ1v) is 7.02. The Morgan fingerprint density at radius 3 is 3.00 bits per heavy atom. The van der Waals surface area contributed by atoms with Gasteiger partial charge in [0, 0.05) is 24.5 Å². The predicted octanol–water partition coefficient (Wildman–Crippen LogP) is 2.24. The molecule has 1 aromatic heterocycles. The van der Waals surface area contributed by atoms with Gasteiger partial charge in [0.05, 0.1) is 5.69 Å². The minimum atomic E-state index is 0.707. The van der Waals surface area contributed by atoms with Gasteiger partial charge < -0.3 is 9.80 Å². The number of rotatable bonds is 4. The van der Waals surface area contributed by atoms with Gasteiger partial charge in [-0.3, -0.25) is 0 Å². The normalized spacial score (nSPS) is 21.0. The fraction of sp³-hybridized carbons (Fsp3) is 0.750. The van der Waals surface area contributed by atoms with Crippen LogP contribution in [0.25, 0.3) is 0 Å². The maximum atomic E-state index is 4.66. The van der Waals surface area contributed by atoms with Crippen molar-refractivity contribution in [2.75, 3.05) is 31.6 Å². The summed E-state index contributed by atoms with van der Waals surface area (Å²) in [6.07, 6.45) is 2.31. The molecule has 4 heteroatoms. The topological polar surface area (TPSA) is 19.4 Å². The van der Waals surface area contributed by atoms with Crippen LogP contribution < -0.4 is 4.90 Å². The monoisotopic (exact) mass is 239 g/mol. The summed E-state index contributed by atoms with van der Waals surface area (Å²) in [5.74, 6) is 0. The summed E-state index contributed by atoms with van der Waals surface area (Å²) in [6.45, 7) is 7.82. The van der Waals surface area contributed by atoms with Gasteiger partial charge in [-0.2, -0.15) is 0 Å². The maximum absolute atomic E-state index is 4.66. The van der Waals surface area contributed by atoms with Crippen LogP contribution in [0.4, 0.5) is 5.13 Å². The van der Waals surface area contributed by atoms with E-state index in [0.717, 1.165) is 26.1 Å². The minimum Gasteiger partial charge on any atom is -0.346 e. The first-order chi connectivity index (χ1) is 7.74. The zero-order valence-corrected chi connectivity index (χ0v) is 11.3. The summed E-state index contributed by atoms with van der Waals surface area (Å²) in [5.41, 5.74) is 1.23. The lowest BCUT2D eigenvalue weighted by atomic mass is 10.2. The highest BCUT2D eigenvalue weighted by molar-refractivity contribution is 7.13. The van der Waals surface area contributed by atoms with Crippen LogP contribution in [0.5, 0.6) is 0 Å². The molecule has 1 aliphatic heterocycles. The minimum absolute atomic E-state index is 0.707. The van der Waals surface area contributed by atoms with Crippen LogP contribution in [-0.2, 0) is 6.42 Å². The molecule has 0 saturated carbocycles. The molecule has 16 heavy (non-hydrogen) atoms. The molecule has 1 fully saturated rings. The third-order valence-electron chi connectivity index (χ3n) is 3.46. The molecular formula is C12H21N3S. The van der Waals surface area contributed by atoms with E-state index in [4.69, 9.17) is 0 Å². The van der Waals surface area contributed by atoms with Gasteiger partial charge in [0.25, 0.3) is 0 Å². The average Bonchev–Trinajstić information content (AvgIpc) is 2.95. The molecular weight excluding hydrogens is 218 g/mol. The number of aryl methyl sites for hydroxylation is 1. The smallest absolute Gasteiger partial charge is 0.185 e. The zero-order valence-electron chi connectivity index (χ0n) is 10.4. The Morgan fingerprint density at radius 2 is 2.38 bits per heavy atom. The fourth-order valence-corrected chi connectivity index (χ4v) is 3.08. The van der Waals surface area contributed by atoms with Crippen molar-refractivity contribution in [2.45, 2.75) is 32.7 Å². The van der Waals surface area contributed by atoms with E-state index in [-0.39, 0.29) is 0 Å². The second kappa shape index (κ2) is 5.15. The van der Waals surface area contributed by atoms with Crippen LogP contribution in [0.2, 0.25) is 0 Å². The Kier molecular flexibility index (Phi) is 3.82. The molecule has 1 saturated heterocycles. The molecule has 1 aliphatic rings.